The average Bonchev–Trinajstić information content (AvgIpc) is 3.21. The first kappa shape index (κ1) is 29.9. The number of para-hydroxylation sites is 1. The van der Waals surface area contributed by atoms with Gasteiger partial charge in [-0.15, -0.1) is 13.2 Å². The van der Waals surface area contributed by atoms with Crippen LogP contribution in [0.15, 0.2) is 72.8 Å². The number of aliphatic hydroxyl groups excluding tert-OH is 1. The number of hydrogen-bond donors (Lipinski definition) is 1. The van der Waals surface area contributed by atoms with Crippen LogP contribution in [0.2, 0.25) is 0 Å². The molecule has 42 heavy (non-hydrogen) atoms. The third-order valence-electron chi connectivity index (χ3n) is 7.79. The number of fused-ring (bicyclic) bond motifs is 1. The zero-order valence-electron chi connectivity index (χ0n) is 22.2. The second kappa shape index (κ2) is 10.9. The molecule has 5 rings (SSSR count). The van der Waals surface area contributed by atoms with Crippen molar-refractivity contribution >= 4 is 11.4 Å². The number of rotatable bonds is 7. The van der Waals surface area contributed by atoms with Crippen LogP contribution in [0.5, 0.6) is 5.75 Å². The SMILES string of the molecule is OC(CN1CC(Cc2cccc(OC(F)(F)F)c2)(c2cccc(N3CCCC(F)(F)C3)c2)c2ccccc21)C(F)(F)F. The van der Waals surface area contributed by atoms with Gasteiger partial charge in [-0.3, -0.25) is 0 Å². The molecule has 2 unspecified atom stereocenters. The van der Waals surface area contributed by atoms with Crippen molar-refractivity contribution in [1.29, 1.82) is 0 Å². The van der Waals surface area contributed by atoms with Gasteiger partial charge >= 0.3 is 12.5 Å². The van der Waals surface area contributed by atoms with Crippen molar-refractivity contribution < 1.29 is 45.0 Å². The average molecular weight is 601 g/mol. The number of benzene rings is 3. The van der Waals surface area contributed by atoms with Crippen molar-refractivity contribution in [2.75, 3.05) is 36.0 Å². The minimum Gasteiger partial charge on any atom is -0.406 e. The molecule has 0 bridgehead atoms. The van der Waals surface area contributed by atoms with Crippen LogP contribution in [0.4, 0.5) is 46.5 Å². The minimum atomic E-state index is -4.92. The summed E-state index contributed by atoms with van der Waals surface area (Å²) in [6.07, 6.45) is -12.3. The second-order valence-electron chi connectivity index (χ2n) is 10.8. The summed E-state index contributed by atoms with van der Waals surface area (Å²) in [5.74, 6) is -3.33. The molecule has 1 fully saturated rings. The molecular weight excluding hydrogens is 572 g/mol. The molecule has 2 aliphatic rings. The van der Waals surface area contributed by atoms with Gasteiger partial charge < -0.3 is 19.6 Å². The van der Waals surface area contributed by atoms with Gasteiger partial charge in [0, 0.05) is 36.3 Å². The van der Waals surface area contributed by atoms with E-state index in [1.54, 1.807) is 59.5 Å². The molecule has 226 valence electrons. The Morgan fingerprint density at radius 3 is 2.33 bits per heavy atom. The van der Waals surface area contributed by atoms with E-state index in [-0.39, 0.29) is 25.8 Å². The molecule has 0 aromatic heterocycles. The summed E-state index contributed by atoms with van der Waals surface area (Å²) in [6.45, 7) is -0.912. The van der Waals surface area contributed by atoms with Crippen molar-refractivity contribution in [3.8, 4) is 5.75 Å². The Bertz CT molecular complexity index is 1410. The summed E-state index contributed by atoms with van der Waals surface area (Å²) in [5, 5.41) is 9.94. The minimum absolute atomic E-state index is 0.0521. The molecule has 2 aliphatic heterocycles. The maximum Gasteiger partial charge on any atom is 0.573 e. The first-order chi connectivity index (χ1) is 19.7. The Balaban J connectivity index is 1.60. The Morgan fingerprint density at radius 1 is 0.881 bits per heavy atom. The zero-order valence-corrected chi connectivity index (χ0v) is 22.2. The van der Waals surface area contributed by atoms with Gasteiger partial charge in [0.15, 0.2) is 6.10 Å². The van der Waals surface area contributed by atoms with Crippen molar-refractivity contribution in [1.82, 2.24) is 0 Å². The topological polar surface area (TPSA) is 35.9 Å². The quantitative estimate of drug-likeness (QED) is 0.294. The third-order valence-corrected chi connectivity index (χ3v) is 7.79. The highest BCUT2D eigenvalue weighted by atomic mass is 19.4. The third kappa shape index (κ3) is 6.43. The summed E-state index contributed by atoms with van der Waals surface area (Å²) in [7, 11) is 0. The predicted molar refractivity (Wildman–Crippen MR) is 141 cm³/mol. The molecule has 0 spiro atoms. The fourth-order valence-electron chi connectivity index (χ4n) is 6.01. The molecule has 3 aromatic rings. The van der Waals surface area contributed by atoms with E-state index >= 15 is 0 Å². The summed E-state index contributed by atoms with van der Waals surface area (Å²) >= 11 is 0. The lowest BCUT2D eigenvalue weighted by molar-refractivity contribution is -0.274. The van der Waals surface area contributed by atoms with E-state index in [1.807, 2.05) is 0 Å². The molecule has 3 aromatic carbocycles. The molecule has 1 saturated heterocycles. The molecule has 12 heteroatoms. The summed E-state index contributed by atoms with van der Waals surface area (Å²) in [6, 6.07) is 18.9. The largest absolute Gasteiger partial charge is 0.573 e. The maximum absolute atomic E-state index is 14.3. The van der Waals surface area contributed by atoms with Gasteiger partial charge in [0.2, 0.25) is 0 Å². The van der Waals surface area contributed by atoms with E-state index in [4.69, 9.17) is 0 Å². The van der Waals surface area contributed by atoms with Crippen molar-refractivity contribution in [2.24, 2.45) is 0 Å². The highest BCUT2D eigenvalue weighted by Gasteiger charge is 2.47. The number of β-amino-alcohol motifs (C(OH)–C–C–N with tert-alkyl or cyclic N) is 1. The number of anilines is 2. The highest BCUT2D eigenvalue weighted by molar-refractivity contribution is 5.68. The number of hydrogen-bond acceptors (Lipinski definition) is 4. The van der Waals surface area contributed by atoms with E-state index < -0.39 is 48.8 Å². The van der Waals surface area contributed by atoms with E-state index in [1.165, 1.54) is 17.0 Å². The monoisotopic (exact) mass is 600 g/mol. The lowest BCUT2D eigenvalue weighted by atomic mass is 9.71. The van der Waals surface area contributed by atoms with Crippen molar-refractivity contribution in [3.05, 3.63) is 89.5 Å². The zero-order chi connectivity index (χ0) is 30.3. The van der Waals surface area contributed by atoms with Crippen LogP contribution in [0, 0.1) is 0 Å². The number of ether oxygens (including phenoxy) is 1. The van der Waals surface area contributed by atoms with Gasteiger partial charge in [0.05, 0.1) is 13.1 Å². The van der Waals surface area contributed by atoms with Crippen LogP contribution in [0.1, 0.15) is 29.5 Å². The highest BCUT2D eigenvalue weighted by Crippen LogP contribution is 2.48. The summed E-state index contributed by atoms with van der Waals surface area (Å²) in [4.78, 5) is 2.97. The van der Waals surface area contributed by atoms with Gasteiger partial charge in [-0.25, -0.2) is 8.78 Å². The van der Waals surface area contributed by atoms with Crippen LogP contribution in [0.25, 0.3) is 0 Å². The van der Waals surface area contributed by atoms with Gasteiger partial charge in [-0.05, 0) is 59.9 Å². The van der Waals surface area contributed by atoms with Crippen LogP contribution in [-0.4, -0.2) is 55.9 Å². The lowest BCUT2D eigenvalue weighted by Gasteiger charge is -2.36. The van der Waals surface area contributed by atoms with E-state index in [0.29, 0.717) is 34.6 Å². The van der Waals surface area contributed by atoms with Crippen molar-refractivity contribution in [2.45, 2.75) is 49.2 Å². The molecule has 0 radical (unpaired) electrons. The molecule has 0 aliphatic carbocycles. The molecule has 0 amide bonds. The first-order valence-electron chi connectivity index (χ1n) is 13.3. The van der Waals surface area contributed by atoms with Crippen LogP contribution in [0.3, 0.4) is 0 Å². The van der Waals surface area contributed by atoms with Gasteiger partial charge in [0.25, 0.3) is 5.92 Å². The van der Waals surface area contributed by atoms with Crippen LogP contribution >= 0.6 is 0 Å². The number of nitrogens with zero attached hydrogens (tertiary/aromatic N) is 2. The molecule has 4 nitrogen and oxygen atoms in total. The first-order valence-corrected chi connectivity index (χ1v) is 13.3. The van der Waals surface area contributed by atoms with Crippen LogP contribution < -0.4 is 14.5 Å². The summed E-state index contributed by atoms with van der Waals surface area (Å²) in [5.41, 5.74) is 1.44. The molecule has 1 N–H and O–H groups in total. The normalized spacial score (nSPS) is 21.3. The molecule has 0 saturated carbocycles. The van der Waals surface area contributed by atoms with Gasteiger partial charge in [-0.2, -0.15) is 13.2 Å². The Hall–Kier alpha value is -3.54. The fourth-order valence-corrected chi connectivity index (χ4v) is 6.01. The second-order valence-corrected chi connectivity index (χ2v) is 10.8. The van der Waals surface area contributed by atoms with Crippen molar-refractivity contribution in [3.63, 3.8) is 0 Å². The maximum atomic E-state index is 14.3. The van der Waals surface area contributed by atoms with E-state index in [2.05, 4.69) is 4.74 Å². The predicted octanol–water partition coefficient (Wildman–Crippen LogP) is 7.09. The Labute approximate surface area is 237 Å². The number of halogens is 8. The fraction of sp³-hybridized carbons (Fsp3) is 0.400. The lowest BCUT2D eigenvalue weighted by Crippen LogP contribution is -2.44. The van der Waals surface area contributed by atoms with E-state index in [9.17, 15) is 40.2 Å². The molecule has 2 heterocycles. The molecule has 2 atom stereocenters. The number of alkyl halides is 8. The number of aliphatic hydroxyl groups is 1. The van der Waals surface area contributed by atoms with Gasteiger partial charge in [-0.1, -0.05) is 42.5 Å². The molecular formula is C30H28F8N2O2. The van der Waals surface area contributed by atoms with E-state index in [0.717, 1.165) is 6.07 Å². The standard InChI is InChI=1S/C30H28F8N2O2/c31-28(32)12-5-13-39(19-28)22-8-4-7-21(15-22)27(16-20-6-3-9-23(14-20)42-30(36,37)38)18-40(17-26(41)29(33,34)35)25-11-2-1-10-24(25)27/h1-4,6-11,14-15,26,41H,5,12-13,16-19H2. The smallest absolute Gasteiger partial charge is 0.406 e. The van der Waals surface area contributed by atoms with Gasteiger partial charge in [0.1, 0.15) is 5.75 Å². The Kier molecular flexibility index (Phi) is 7.80. The summed E-state index contributed by atoms with van der Waals surface area (Å²) < 4.78 is 112. The van der Waals surface area contributed by atoms with Crippen LogP contribution in [-0.2, 0) is 11.8 Å². The Morgan fingerprint density at radius 2 is 1.62 bits per heavy atom. The number of piperidine rings is 1.